The SMILES string of the molecule is C[C]1([Y])C=CC=C1. The molecule has 0 saturated heterocycles. The third kappa shape index (κ3) is 1.51. The van der Waals surface area contributed by atoms with Crippen molar-refractivity contribution in [2.24, 2.45) is 0 Å². The summed E-state index contributed by atoms with van der Waals surface area (Å²) >= 11 is 1.30. The second-order valence-corrected chi connectivity index (χ2v) is 5.14. The van der Waals surface area contributed by atoms with Gasteiger partial charge in [0.2, 0.25) is 0 Å². The third-order valence-corrected chi connectivity index (χ3v) is 1.97. The number of hydrogen-bond acceptors (Lipinski definition) is 0. The summed E-state index contributed by atoms with van der Waals surface area (Å²) in [6.45, 7) is 2.25. The van der Waals surface area contributed by atoms with E-state index in [0.717, 1.165) is 0 Å². The van der Waals surface area contributed by atoms with E-state index in [1.54, 1.807) is 0 Å². The Morgan fingerprint density at radius 2 is 1.71 bits per heavy atom. The van der Waals surface area contributed by atoms with Crippen LogP contribution in [0.1, 0.15) is 6.92 Å². The zero-order valence-corrected chi connectivity index (χ0v) is 7.23. The number of rotatable bonds is 0. The van der Waals surface area contributed by atoms with Gasteiger partial charge in [-0.3, -0.25) is 0 Å². The van der Waals surface area contributed by atoms with Crippen molar-refractivity contribution in [1.29, 1.82) is 0 Å². The van der Waals surface area contributed by atoms with Gasteiger partial charge in [-0.2, -0.15) is 0 Å². The van der Waals surface area contributed by atoms with Gasteiger partial charge in [0.1, 0.15) is 0 Å². The standard InChI is InChI=1S/C6H7.Y/c1-6-4-2-3-5-6;/h2-5H,1H3;. The molecule has 0 radical (unpaired) electrons. The Morgan fingerprint density at radius 3 is 1.86 bits per heavy atom. The van der Waals surface area contributed by atoms with Crippen LogP contribution in [0, 0.1) is 0 Å². The first-order chi connectivity index (χ1) is 3.21. The first kappa shape index (κ1) is 5.72. The maximum atomic E-state index is 2.25. The minimum atomic E-state index is 0.463. The van der Waals surface area contributed by atoms with Crippen LogP contribution in [0.15, 0.2) is 24.3 Å². The topological polar surface area (TPSA) is 0 Å². The van der Waals surface area contributed by atoms with Crippen LogP contribution in [0.5, 0.6) is 0 Å². The zero-order chi connectivity index (χ0) is 5.33. The number of hydrogen-bond donors (Lipinski definition) is 0. The van der Waals surface area contributed by atoms with Gasteiger partial charge in [0.05, 0.1) is 0 Å². The van der Waals surface area contributed by atoms with Crippen LogP contribution in [0.25, 0.3) is 0 Å². The Labute approximate surface area is 64.1 Å². The molecule has 0 atom stereocenters. The fourth-order valence-electron chi connectivity index (χ4n) is 0.581. The average Bonchev–Trinajstić information content (AvgIpc) is 1.84. The molecule has 0 amide bonds. The predicted molar refractivity (Wildman–Crippen MR) is 26.6 cm³/mol. The molecule has 7 heavy (non-hydrogen) atoms. The Bertz CT molecular complexity index is 106. The summed E-state index contributed by atoms with van der Waals surface area (Å²) in [7, 11) is 0. The summed E-state index contributed by atoms with van der Waals surface area (Å²) in [6.07, 6.45) is 8.72. The van der Waals surface area contributed by atoms with Gasteiger partial charge in [-0.15, -0.1) is 0 Å². The zero-order valence-electron chi connectivity index (χ0n) is 4.39. The van der Waals surface area contributed by atoms with E-state index < -0.39 is 0 Å². The van der Waals surface area contributed by atoms with Gasteiger partial charge >= 0.3 is 64.4 Å². The molecule has 0 unspecified atom stereocenters. The second kappa shape index (κ2) is 1.83. The van der Waals surface area contributed by atoms with Crippen LogP contribution in [-0.4, -0.2) is 0 Å². The van der Waals surface area contributed by atoms with Gasteiger partial charge in [0.15, 0.2) is 0 Å². The van der Waals surface area contributed by atoms with E-state index in [2.05, 4.69) is 31.2 Å². The van der Waals surface area contributed by atoms with Gasteiger partial charge in [-0.25, -0.2) is 0 Å². The molecule has 1 aliphatic rings. The molecular weight excluding hydrogens is 161 g/mol. The predicted octanol–water partition coefficient (Wildman–Crippen LogP) is 1.84. The molecule has 0 bridgehead atoms. The van der Waals surface area contributed by atoms with Crippen molar-refractivity contribution in [3.8, 4) is 0 Å². The Balaban J connectivity index is 2.77. The summed E-state index contributed by atoms with van der Waals surface area (Å²) in [5.74, 6) is 0. The van der Waals surface area contributed by atoms with E-state index in [9.17, 15) is 0 Å². The molecule has 0 N–H and O–H groups in total. The molecule has 0 heterocycles. The van der Waals surface area contributed by atoms with Gasteiger partial charge in [-0.05, 0) is 0 Å². The fraction of sp³-hybridized carbons (Fsp3) is 0.333. The molecular formula is C6H7Y. The van der Waals surface area contributed by atoms with Crippen LogP contribution in [0.2, 0.25) is 2.23 Å². The van der Waals surface area contributed by atoms with Crippen molar-refractivity contribution in [2.45, 2.75) is 9.15 Å². The maximum absolute atomic E-state index is 2.25. The van der Waals surface area contributed by atoms with E-state index in [1.807, 2.05) is 0 Å². The van der Waals surface area contributed by atoms with Gasteiger partial charge in [0, 0.05) is 0 Å². The monoisotopic (exact) mass is 168 g/mol. The summed E-state index contributed by atoms with van der Waals surface area (Å²) < 4.78 is 0.463. The van der Waals surface area contributed by atoms with Crippen molar-refractivity contribution in [1.82, 2.24) is 0 Å². The van der Waals surface area contributed by atoms with E-state index in [4.69, 9.17) is 0 Å². The van der Waals surface area contributed by atoms with Crippen LogP contribution < -0.4 is 0 Å². The molecule has 0 aromatic heterocycles. The molecule has 0 fully saturated rings. The van der Waals surface area contributed by atoms with Crippen molar-refractivity contribution < 1.29 is 31.0 Å². The molecule has 1 aliphatic carbocycles. The molecule has 1 rings (SSSR count). The van der Waals surface area contributed by atoms with Gasteiger partial charge in [-0.1, -0.05) is 0 Å². The Morgan fingerprint density at radius 1 is 1.29 bits per heavy atom. The van der Waals surface area contributed by atoms with Gasteiger partial charge in [0.25, 0.3) is 0 Å². The summed E-state index contributed by atoms with van der Waals surface area (Å²) in [4.78, 5) is 0. The minimum absolute atomic E-state index is 0.463. The molecule has 0 aliphatic heterocycles. The fourth-order valence-corrected chi connectivity index (χ4v) is 1.13. The average molecular weight is 168 g/mol. The molecule has 34 valence electrons. The molecule has 0 aromatic rings. The van der Waals surface area contributed by atoms with Crippen molar-refractivity contribution in [3.63, 3.8) is 0 Å². The normalized spacial score (nSPS) is 23.4. The molecule has 0 aromatic carbocycles. The van der Waals surface area contributed by atoms with Crippen LogP contribution in [-0.2, 0) is 31.0 Å². The molecule has 0 spiro atoms. The van der Waals surface area contributed by atoms with E-state index in [1.165, 1.54) is 31.0 Å². The summed E-state index contributed by atoms with van der Waals surface area (Å²) in [5.41, 5.74) is 0. The van der Waals surface area contributed by atoms with Crippen molar-refractivity contribution in [3.05, 3.63) is 24.3 Å². The van der Waals surface area contributed by atoms with E-state index >= 15 is 0 Å². The van der Waals surface area contributed by atoms with Crippen molar-refractivity contribution in [2.75, 3.05) is 0 Å². The Kier molecular flexibility index (Phi) is 1.50. The first-order valence-corrected chi connectivity index (χ1v) is 3.79. The molecule has 1 heteroatoms. The van der Waals surface area contributed by atoms with E-state index in [0.29, 0.717) is 2.23 Å². The second-order valence-electron chi connectivity index (χ2n) is 2.08. The van der Waals surface area contributed by atoms with Crippen LogP contribution in [0.4, 0.5) is 0 Å². The van der Waals surface area contributed by atoms with Crippen LogP contribution >= 0.6 is 0 Å². The number of allylic oxidation sites excluding steroid dienone is 4. The third-order valence-electron chi connectivity index (χ3n) is 1.02. The molecule has 0 nitrogen and oxygen atoms in total. The van der Waals surface area contributed by atoms with E-state index in [-0.39, 0.29) is 0 Å². The van der Waals surface area contributed by atoms with Gasteiger partial charge < -0.3 is 0 Å². The summed E-state index contributed by atoms with van der Waals surface area (Å²) in [6, 6.07) is 0. The first-order valence-electron chi connectivity index (χ1n) is 2.37. The summed E-state index contributed by atoms with van der Waals surface area (Å²) in [5, 5.41) is 0. The van der Waals surface area contributed by atoms with Crippen LogP contribution in [0.3, 0.4) is 0 Å². The quantitative estimate of drug-likeness (QED) is 0.517. The Hall–Kier alpha value is 0.584. The molecule has 0 saturated carbocycles. The van der Waals surface area contributed by atoms with Crippen molar-refractivity contribution >= 4 is 0 Å².